The van der Waals surface area contributed by atoms with Crippen LogP contribution < -0.4 is 9.46 Å². The summed E-state index contributed by atoms with van der Waals surface area (Å²) in [6.07, 6.45) is 4.06. The second kappa shape index (κ2) is 5.46. The van der Waals surface area contributed by atoms with Crippen LogP contribution in [0.5, 0.6) is 5.75 Å². The zero-order valence-electron chi connectivity index (χ0n) is 11.6. The molecule has 1 aliphatic rings. The smallest absolute Gasteiger partial charge is 0.241 e. The third-order valence-electron chi connectivity index (χ3n) is 3.49. The van der Waals surface area contributed by atoms with Gasteiger partial charge in [0.2, 0.25) is 10.0 Å². The molecular formula is C15H16N2O3S. The lowest BCUT2D eigenvalue weighted by atomic mass is 10.2. The Kier molecular flexibility index (Phi) is 3.65. The molecule has 1 aromatic carbocycles. The average molecular weight is 304 g/mol. The highest BCUT2D eigenvalue weighted by atomic mass is 32.2. The van der Waals surface area contributed by atoms with Gasteiger partial charge in [0.15, 0.2) is 0 Å². The maximum Gasteiger partial charge on any atom is 0.241 e. The lowest BCUT2D eigenvalue weighted by Crippen LogP contribution is -2.27. The summed E-state index contributed by atoms with van der Waals surface area (Å²) in [5, 5.41) is 0. The van der Waals surface area contributed by atoms with Crippen molar-refractivity contribution in [3.05, 3.63) is 53.9 Å². The summed E-state index contributed by atoms with van der Waals surface area (Å²) >= 11 is 0. The Morgan fingerprint density at radius 1 is 1.33 bits per heavy atom. The second-order valence-corrected chi connectivity index (χ2v) is 6.71. The lowest BCUT2D eigenvalue weighted by Gasteiger charge is -2.14. The Hall–Kier alpha value is -1.92. The molecule has 1 N–H and O–H groups in total. The van der Waals surface area contributed by atoms with Crippen LogP contribution in [0.3, 0.4) is 0 Å². The van der Waals surface area contributed by atoms with Gasteiger partial charge < -0.3 is 4.74 Å². The van der Waals surface area contributed by atoms with Crippen molar-refractivity contribution >= 4 is 10.0 Å². The van der Waals surface area contributed by atoms with E-state index in [1.54, 1.807) is 43.6 Å². The summed E-state index contributed by atoms with van der Waals surface area (Å²) in [5.74, 6) is 0.772. The van der Waals surface area contributed by atoms with Crippen LogP contribution in [0.15, 0.2) is 47.6 Å². The number of nitrogens with zero attached hydrogens (tertiary/aromatic N) is 1. The SMILES string of the molecule is C[C@@H](NS(=O)(=O)c1ccc2c(c1)CCO2)c1cccnc1. The topological polar surface area (TPSA) is 68.3 Å². The molecule has 1 atom stereocenters. The molecule has 0 amide bonds. The van der Waals surface area contributed by atoms with E-state index in [9.17, 15) is 8.42 Å². The van der Waals surface area contributed by atoms with Crippen LogP contribution in [0.1, 0.15) is 24.1 Å². The zero-order valence-corrected chi connectivity index (χ0v) is 12.4. The van der Waals surface area contributed by atoms with Gasteiger partial charge in [0, 0.05) is 24.9 Å². The first-order chi connectivity index (χ1) is 10.1. The number of benzene rings is 1. The molecule has 2 heterocycles. The third-order valence-corrected chi connectivity index (χ3v) is 5.03. The van der Waals surface area contributed by atoms with Crippen molar-refractivity contribution in [3.63, 3.8) is 0 Å². The molecule has 0 saturated carbocycles. The van der Waals surface area contributed by atoms with Crippen LogP contribution >= 0.6 is 0 Å². The Morgan fingerprint density at radius 3 is 2.95 bits per heavy atom. The minimum absolute atomic E-state index is 0.266. The van der Waals surface area contributed by atoms with Gasteiger partial charge in [0.25, 0.3) is 0 Å². The molecule has 21 heavy (non-hydrogen) atoms. The first kappa shape index (κ1) is 14.0. The number of nitrogens with one attached hydrogen (secondary N) is 1. The molecule has 1 aromatic heterocycles. The molecule has 6 heteroatoms. The fourth-order valence-corrected chi connectivity index (χ4v) is 3.61. The van der Waals surface area contributed by atoms with Crippen molar-refractivity contribution in [1.82, 2.24) is 9.71 Å². The molecule has 0 fully saturated rings. The minimum Gasteiger partial charge on any atom is -0.493 e. The fourth-order valence-electron chi connectivity index (χ4n) is 2.33. The molecule has 2 aromatic rings. The van der Waals surface area contributed by atoms with Crippen molar-refractivity contribution in [2.24, 2.45) is 0 Å². The van der Waals surface area contributed by atoms with E-state index in [0.29, 0.717) is 6.61 Å². The molecule has 0 saturated heterocycles. The van der Waals surface area contributed by atoms with Crippen molar-refractivity contribution in [2.45, 2.75) is 24.3 Å². The number of fused-ring (bicyclic) bond motifs is 1. The van der Waals surface area contributed by atoms with Gasteiger partial charge in [-0.25, -0.2) is 13.1 Å². The van der Waals surface area contributed by atoms with Gasteiger partial charge >= 0.3 is 0 Å². The summed E-state index contributed by atoms with van der Waals surface area (Å²) < 4.78 is 33.0. The molecule has 0 radical (unpaired) electrons. The highest BCUT2D eigenvalue weighted by Gasteiger charge is 2.21. The Balaban J connectivity index is 1.84. The molecule has 5 nitrogen and oxygen atoms in total. The third kappa shape index (κ3) is 2.91. The first-order valence-corrected chi connectivity index (χ1v) is 8.22. The van der Waals surface area contributed by atoms with Crippen LogP contribution in [0, 0.1) is 0 Å². The number of sulfonamides is 1. The van der Waals surface area contributed by atoms with Crippen LogP contribution in [-0.4, -0.2) is 20.0 Å². The van der Waals surface area contributed by atoms with Gasteiger partial charge in [-0.05, 0) is 42.3 Å². The Bertz CT molecular complexity index is 745. The predicted octanol–water partition coefficient (Wildman–Crippen LogP) is 2.06. The highest BCUT2D eigenvalue weighted by molar-refractivity contribution is 7.89. The van der Waals surface area contributed by atoms with Gasteiger partial charge in [-0.3, -0.25) is 4.98 Å². The normalized spacial score (nSPS) is 15.3. The van der Waals surface area contributed by atoms with Crippen LogP contribution in [0.25, 0.3) is 0 Å². The van der Waals surface area contributed by atoms with E-state index in [4.69, 9.17) is 4.74 Å². The minimum atomic E-state index is -3.56. The van der Waals surface area contributed by atoms with Crippen molar-refractivity contribution in [2.75, 3.05) is 6.61 Å². The molecule has 0 bridgehead atoms. The van der Waals surface area contributed by atoms with Crippen molar-refractivity contribution < 1.29 is 13.2 Å². The maximum absolute atomic E-state index is 12.4. The van der Waals surface area contributed by atoms with Gasteiger partial charge in [0.1, 0.15) is 5.75 Å². The molecule has 0 spiro atoms. The number of ether oxygens (including phenoxy) is 1. The number of pyridine rings is 1. The molecule has 0 unspecified atom stereocenters. The van der Waals surface area contributed by atoms with E-state index >= 15 is 0 Å². The highest BCUT2D eigenvalue weighted by Crippen LogP contribution is 2.28. The fraction of sp³-hybridized carbons (Fsp3) is 0.267. The molecule has 0 aliphatic carbocycles. The molecule has 1 aliphatic heterocycles. The van der Waals surface area contributed by atoms with Crippen LogP contribution in [0.4, 0.5) is 0 Å². The van der Waals surface area contributed by atoms with E-state index in [2.05, 4.69) is 9.71 Å². The van der Waals surface area contributed by atoms with E-state index in [1.165, 1.54) is 0 Å². The first-order valence-electron chi connectivity index (χ1n) is 6.74. The molecular weight excluding hydrogens is 288 g/mol. The number of aromatic nitrogens is 1. The molecule has 3 rings (SSSR count). The lowest BCUT2D eigenvalue weighted by molar-refractivity contribution is 0.356. The maximum atomic E-state index is 12.4. The van der Waals surface area contributed by atoms with E-state index in [-0.39, 0.29) is 10.9 Å². The van der Waals surface area contributed by atoms with Crippen LogP contribution in [-0.2, 0) is 16.4 Å². The molecule has 110 valence electrons. The summed E-state index contributed by atoms with van der Waals surface area (Å²) in [4.78, 5) is 4.27. The van der Waals surface area contributed by atoms with E-state index in [0.717, 1.165) is 23.3 Å². The Morgan fingerprint density at radius 2 is 2.19 bits per heavy atom. The average Bonchev–Trinajstić information content (AvgIpc) is 2.95. The monoisotopic (exact) mass is 304 g/mol. The van der Waals surface area contributed by atoms with Gasteiger partial charge in [-0.15, -0.1) is 0 Å². The summed E-state index contributed by atoms with van der Waals surface area (Å²) in [6.45, 7) is 2.41. The van der Waals surface area contributed by atoms with Crippen LogP contribution in [0.2, 0.25) is 0 Å². The summed E-state index contributed by atoms with van der Waals surface area (Å²) in [6, 6.07) is 8.26. The zero-order chi connectivity index (χ0) is 14.9. The second-order valence-electron chi connectivity index (χ2n) is 5.00. The van der Waals surface area contributed by atoms with Gasteiger partial charge in [0.05, 0.1) is 11.5 Å². The summed E-state index contributed by atoms with van der Waals surface area (Å²) in [5.41, 5.74) is 1.76. The van der Waals surface area contributed by atoms with Crippen molar-refractivity contribution in [3.8, 4) is 5.75 Å². The Labute approximate surface area is 124 Å². The standard InChI is InChI=1S/C15H16N2O3S/c1-11(13-3-2-7-16-10-13)17-21(18,19)14-4-5-15-12(9-14)6-8-20-15/h2-5,7,9-11,17H,6,8H2,1H3/t11-/m1/s1. The number of rotatable bonds is 4. The predicted molar refractivity (Wildman–Crippen MR) is 78.6 cm³/mol. The largest absolute Gasteiger partial charge is 0.493 e. The number of hydrogen-bond donors (Lipinski definition) is 1. The van der Waals surface area contributed by atoms with Gasteiger partial charge in [-0.1, -0.05) is 6.07 Å². The van der Waals surface area contributed by atoms with E-state index in [1.807, 2.05) is 6.07 Å². The van der Waals surface area contributed by atoms with Gasteiger partial charge in [-0.2, -0.15) is 0 Å². The van der Waals surface area contributed by atoms with E-state index < -0.39 is 10.0 Å². The summed E-state index contributed by atoms with van der Waals surface area (Å²) in [7, 11) is -3.56. The van der Waals surface area contributed by atoms with Crippen molar-refractivity contribution in [1.29, 1.82) is 0 Å². The quantitative estimate of drug-likeness (QED) is 0.938. The number of hydrogen-bond acceptors (Lipinski definition) is 4.